The molecule has 15 aromatic rings. The monoisotopic (exact) mass is 1520 g/mol. The van der Waals surface area contributed by atoms with Gasteiger partial charge in [-0.05, 0) is 194 Å². The number of nitrogens with zero attached hydrogens (tertiary/aromatic N) is 6. The van der Waals surface area contributed by atoms with Gasteiger partial charge in [0.15, 0.2) is 69.3 Å². The number of rotatable bonds is 16. The van der Waals surface area contributed by atoms with E-state index < -0.39 is 0 Å². The average Bonchev–Trinajstić information content (AvgIpc) is 1.59. The molecule has 0 saturated carbocycles. The van der Waals surface area contributed by atoms with Crippen molar-refractivity contribution in [3.8, 4) is 138 Å². The molecule has 0 spiro atoms. The van der Waals surface area contributed by atoms with Gasteiger partial charge in [-0.25, -0.2) is 29.9 Å². The number of ether oxygens (including phenoxy) is 8. The fourth-order valence-electron chi connectivity index (χ4n) is 11.7. The second-order valence-electron chi connectivity index (χ2n) is 23.5. The molecule has 12 aromatic carbocycles. The summed E-state index contributed by atoms with van der Waals surface area (Å²) in [5.41, 5.74) is 2.85. The lowest BCUT2D eigenvalue weighted by Crippen LogP contribution is -1.93. The van der Waals surface area contributed by atoms with Gasteiger partial charge in [0, 0.05) is 84.0 Å². The van der Waals surface area contributed by atoms with Gasteiger partial charge in [0.25, 0.3) is 0 Å². The van der Waals surface area contributed by atoms with E-state index in [4.69, 9.17) is 161 Å². The predicted octanol–water partition coefficient (Wildman–Crippen LogP) is 26.4. The molecule has 0 unspecified atom stereocenters. The Balaban J connectivity index is 0.995. The zero-order valence-corrected chi connectivity index (χ0v) is 59.1. The number of fused-ring (bicyclic) bond motifs is 20. The van der Waals surface area contributed by atoms with Crippen LogP contribution in [0.4, 0.5) is 0 Å². The van der Waals surface area contributed by atoms with Crippen LogP contribution in [0.1, 0.15) is 0 Å². The predicted molar refractivity (Wildman–Crippen MR) is 408 cm³/mol. The Labute approximate surface area is 630 Å². The van der Waals surface area contributed by atoms with Gasteiger partial charge in [-0.3, -0.25) is 0 Å². The third-order valence-corrected chi connectivity index (χ3v) is 18.2. The van der Waals surface area contributed by atoms with Gasteiger partial charge < -0.3 is 47.9 Å². The van der Waals surface area contributed by atoms with E-state index in [9.17, 15) is 0 Å². The van der Waals surface area contributed by atoms with Crippen LogP contribution in [0, 0.1) is 0 Å². The van der Waals surface area contributed by atoms with Gasteiger partial charge >= 0.3 is 0 Å². The molecule has 24 heteroatoms. The average molecular weight is 1530 g/mol. The molecule has 506 valence electrons. The number of hydrogen-bond donors (Lipinski definition) is 2. The maximum absolute atomic E-state index is 6.73. The largest absolute Gasteiger partial charge is 0.453 e. The van der Waals surface area contributed by atoms with Crippen LogP contribution in [0.15, 0.2) is 243 Å². The Morgan fingerprint density at radius 1 is 0.192 bits per heavy atom. The number of aromatic nitrogens is 8. The molecule has 0 aliphatic carbocycles. The zero-order chi connectivity index (χ0) is 70.7. The summed E-state index contributed by atoms with van der Waals surface area (Å²) < 4.78 is 53.9. The number of H-pyrrole nitrogens is 2. The first-order valence-corrected chi connectivity index (χ1v) is 34.7. The Bertz CT molecular complexity index is 5470. The van der Waals surface area contributed by atoms with Crippen LogP contribution in [0.2, 0.25) is 40.2 Å². The second-order valence-corrected chi connectivity index (χ2v) is 27.0. The minimum Gasteiger partial charge on any atom is -0.453 e. The molecule has 0 radical (unpaired) electrons. The van der Waals surface area contributed by atoms with Gasteiger partial charge in [-0.15, -0.1) is 0 Å². The third kappa shape index (κ3) is 14.0. The van der Waals surface area contributed by atoms with Crippen molar-refractivity contribution in [1.82, 2.24) is 39.9 Å². The molecule has 0 amide bonds. The Kier molecular flexibility index (Phi) is 17.7. The van der Waals surface area contributed by atoms with Crippen molar-refractivity contribution in [3.63, 3.8) is 0 Å². The molecule has 0 fully saturated rings. The van der Waals surface area contributed by atoms with Gasteiger partial charge in [0.05, 0.1) is 0 Å². The van der Waals surface area contributed by atoms with Crippen LogP contribution < -0.4 is 37.9 Å². The van der Waals surface area contributed by atoms with Crippen molar-refractivity contribution >= 4 is 137 Å². The fraction of sp³-hybridized carbons (Fsp3) is 0. The van der Waals surface area contributed by atoms with Crippen LogP contribution >= 0.6 is 92.8 Å². The molecule has 0 saturated heterocycles. The summed E-state index contributed by atoms with van der Waals surface area (Å²) in [4.78, 5) is 39.6. The summed E-state index contributed by atoms with van der Waals surface area (Å²) >= 11 is 52.9. The maximum Gasteiger partial charge on any atom is 0.170 e. The highest BCUT2D eigenvalue weighted by Gasteiger charge is 2.29. The number of halogens is 8. The normalized spacial score (nSPS) is 11.5. The fourth-order valence-corrected chi connectivity index (χ4v) is 13.2. The SMILES string of the molecule is Clc1cccc(Oc2cc3c(cc2Oc2cccc(Cl)c2)-c2nc-3nc3[nH]c(nc4nc(nc5[nH]c(n2)c2cc(Oc6cccc(Cl)c6)c(Oc6cccc(Cl)c6)cc52)-c2cc(Oc5cccc(Cl)c5)c(Oc5cccc(Cl)c5)cc2-4)c2cc(Oc4cccc(Cl)c4)c(Oc4cccc(Cl)c4)cc32)c1. The summed E-state index contributed by atoms with van der Waals surface area (Å²) in [6.45, 7) is 0. The molecule has 2 aliphatic heterocycles. The Morgan fingerprint density at radius 3 is 0.519 bits per heavy atom. The topological polar surface area (TPSA) is 183 Å². The minimum absolute atomic E-state index is 0.166. The summed E-state index contributed by atoms with van der Waals surface area (Å²) in [6, 6.07) is 70.0. The van der Waals surface area contributed by atoms with Gasteiger partial charge in [0.2, 0.25) is 0 Å². The van der Waals surface area contributed by atoms with Gasteiger partial charge in [0.1, 0.15) is 68.6 Å². The first kappa shape index (κ1) is 66.0. The summed E-state index contributed by atoms with van der Waals surface area (Å²) in [7, 11) is 0. The zero-order valence-electron chi connectivity index (χ0n) is 53.1. The molecule has 16 nitrogen and oxygen atoms in total. The van der Waals surface area contributed by atoms with Crippen molar-refractivity contribution in [2.45, 2.75) is 0 Å². The second kappa shape index (κ2) is 27.8. The van der Waals surface area contributed by atoms with E-state index in [1.54, 1.807) is 243 Å². The maximum atomic E-state index is 6.73. The number of hydrogen-bond acceptors (Lipinski definition) is 14. The first-order chi connectivity index (χ1) is 50.6. The van der Waals surface area contributed by atoms with Crippen LogP contribution in [-0.2, 0) is 0 Å². The summed E-state index contributed by atoms with van der Waals surface area (Å²) in [5, 5.41) is 5.43. The summed E-state index contributed by atoms with van der Waals surface area (Å²) in [6.07, 6.45) is 0. The molecule has 0 atom stereocenters. The van der Waals surface area contributed by atoms with Crippen LogP contribution in [0.25, 0.3) is 89.7 Å². The number of aromatic amines is 2. The van der Waals surface area contributed by atoms with E-state index >= 15 is 0 Å². The van der Waals surface area contributed by atoms with E-state index in [-0.39, 0.29) is 91.9 Å². The molecule has 8 bridgehead atoms. The van der Waals surface area contributed by atoms with E-state index in [0.717, 1.165) is 0 Å². The van der Waals surface area contributed by atoms with Crippen LogP contribution in [0.3, 0.4) is 0 Å². The van der Waals surface area contributed by atoms with Crippen LogP contribution in [-0.4, -0.2) is 39.9 Å². The van der Waals surface area contributed by atoms with Crippen molar-refractivity contribution < 1.29 is 37.9 Å². The Hall–Kier alpha value is -11.3. The van der Waals surface area contributed by atoms with Gasteiger partial charge in [-0.2, -0.15) is 0 Å². The van der Waals surface area contributed by atoms with Crippen molar-refractivity contribution in [3.05, 3.63) is 283 Å². The smallest absolute Gasteiger partial charge is 0.170 e. The third-order valence-electron chi connectivity index (χ3n) is 16.3. The molecule has 2 N–H and O–H groups in total. The number of benzene rings is 12. The highest BCUT2D eigenvalue weighted by Crippen LogP contribution is 2.50. The van der Waals surface area contributed by atoms with Crippen LogP contribution in [0.5, 0.6) is 92.0 Å². The van der Waals surface area contributed by atoms with Crippen molar-refractivity contribution in [2.75, 3.05) is 0 Å². The molecule has 17 rings (SSSR count). The highest BCUT2D eigenvalue weighted by atomic mass is 35.5. The van der Waals surface area contributed by atoms with Crippen molar-refractivity contribution in [1.29, 1.82) is 0 Å². The molecule has 5 heterocycles. The van der Waals surface area contributed by atoms with E-state index in [0.29, 0.717) is 130 Å². The summed E-state index contributed by atoms with van der Waals surface area (Å²) in [5.74, 6) is 5.91. The minimum atomic E-state index is 0.166. The molecule has 104 heavy (non-hydrogen) atoms. The lowest BCUT2D eigenvalue weighted by molar-refractivity contribution is 0.419. The molecular formula is C80H42Cl8N8O8. The lowest BCUT2D eigenvalue weighted by atomic mass is 10.1. The first-order valence-electron chi connectivity index (χ1n) is 31.7. The standard InChI is InChI=1S/C80H42Cl8N8O8/c81-41-9-1-17-49(25-41)97-65-33-57-58(34-66(65)98-50-18-2-10-42(82)26-50)74-89-73(57)93-75-59-35-67(99-51-19-3-11-43(83)27-51)68(100-52-20-4-12-44(84)28-52)36-60(59)77(90-75)95-79-63-39-71(103-55-23-7-15-47(87)31-55)72(104-56-24-8-16-48(88)32-56)40-64(63)80(92-79)96-78-62-38-70(102-54-22-6-14-46(86)30-54)69(37-61(62)76(91-78)94-74)101-53-21-5-13-45(85)29-53/h1-40H,(H2,89,90,91,92,93,94,95,96). The quantitative estimate of drug-likeness (QED) is 0.0932. The molecular weight excluding hydrogens is 1480 g/mol. The lowest BCUT2D eigenvalue weighted by Gasteiger charge is -2.15. The van der Waals surface area contributed by atoms with E-state index in [2.05, 4.69) is 9.97 Å². The van der Waals surface area contributed by atoms with Crippen molar-refractivity contribution in [2.24, 2.45) is 0 Å². The number of nitrogens with one attached hydrogen (secondary N) is 2. The molecule has 3 aromatic heterocycles. The van der Waals surface area contributed by atoms with E-state index in [1.807, 2.05) is 0 Å². The Morgan fingerprint density at radius 2 is 0.356 bits per heavy atom. The van der Waals surface area contributed by atoms with E-state index in [1.165, 1.54) is 0 Å². The molecule has 2 aliphatic rings. The highest BCUT2D eigenvalue weighted by molar-refractivity contribution is 6.33. The van der Waals surface area contributed by atoms with Gasteiger partial charge in [-0.1, -0.05) is 141 Å².